The van der Waals surface area contributed by atoms with E-state index in [1.165, 1.54) is 17.8 Å². The van der Waals surface area contributed by atoms with Crippen LogP contribution in [0.15, 0.2) is 59.8 Å². The Balaban J connectivity index is 1.30. The van der Waals surface area contributed by atoms with E-state index in [9.17, 15) is 22.8 Å². The van der Waals surface area contributed by atoms with Gasteiger partial charge < -0.3 is 9.80 Å². The Hall–Kier alpha value is -3.34. The molecule has 2 amide bonds. The van der Waals surface area contributed by atoms with Crippen molar-refractivity contribution in [2.45, 2.75) is 90.5 Å². The lowest BCUT2D eigenvalue weighted by molar-refractivity contribution is -0.143. The number of amides is 2. The molecule has 11 heteroatoms. The van der Waals surface area contributed by atoms with Gasteiger partial charge in [0.1, 0.15) is 5.82 Å². The van der Waals surface area contributed by atoms with Crippen molar-refractivity contribution in [3.8, 4) is 5.69 Å². The molecule has 4 rings (SSSR count). The van der Waals surface area contributed by atoms with Crippen LogP contribution in [0.25, 0.3) is 5.69 Å². The highest BCUT2D eigenvalue weighted by Gasteiger charge is 2.32. The van der Waals surface area contributed by atoms with Crippen molar-refractivity contribution in [3.05, 3.63) is 71.5 Å². The highest BCUT2D eigenvalue weighted by molar-refractivity contribution is 7.99. The van der Waals surface area contributed by atoms with Crippen molar-refractivity contribution < 1.29 is 22.8 Å². The molecule has 1 fully saturated rings. The van der Waals surface area contributed by atoms with Crippen molar-refractivity contribution in [1.29, 1.82) is 0 Å². The first-order valence-electron chi connectivity index (χ1n) is 16.1. The Morgan fingerprint density at radius 3 is 2.39 bits per heavy atom. The number of hydrogen-bond donors (Lipinski definition) is 0. The summed E-state index contributed by atoms with van der Waals surface area (Å²) in [6.45, 7) is 12.3. The van der Waals surface area contributed by atoms with Crippen molar-refractivity contribution >= 4 is 23.6 Å². The number of aromatic nitrogens is 3. The van der Waals surface area contributed by atoms with Crippen LogP contribution in [0.2, 0.25) is 0 Å². The van der Waals surface area contributed by atoms with Crippen molar-refractivity contribution in [2.75, 3.05) is 25.4 Å². The fourth-order valence-corrected chi connectivity index (χ4v) is 7.12. The van der Waals surface area contributed by atoms with Gasteiger partial charge in [0.15, 0.2) is 5.16 Å². The molecule has 3 aromatic rings. The highest BCUT2D eigenvalue weighted by Crippen LogP contribution is 2.32. The molecule has 1 aliphatic rings. The zero-order chi connectivity index (χ0) is 33.5. The van der Waals surface area contributed by atoms with E-state index >= 15 is 0 Å². The van der Waals surface area contributed by atoms with Gasteiger partial charge in [-0.05, 0) is 61.3 Å². The zero-order valence-corrected chi connectivity index (χ0v) is 28.3. The predicted octanol–water partition coefficient (Wildman–Crippen LogP) is 7.66. The zero-order valence-electron chi connectivity index (χ0n) is 27.5. The third-order valence-electron chi connectivity index (χ3n) is 8.14. The fraction of sp³-hybridized carbons (Fsp3) is 0.543. The van der Waals surface area contributed by atoms with Crippen molar-refractivity contribution in [3.63, 3.8) is 0 Å². The summed E-state index contributed by atoms with van der Waals surface area (Å²) < 4.78 is 42.3. The summed E-state index contributed by atoms with van der Waals surface area (Å²) in [5.41, 5.74) is 0.792. The number of alkyl halides is 3. The van der Waals surface area contributed by atoms with Gasteiger partial charge >= 0.3 is 6.18 Å². The van der Waals surface area contributed by atoms with Gasteiger partial charge in [0.05, 0.1) is 11.3 Å². The summed E-state index contributed by atoms with van der Waals surface area (Å²) in [6, 6.07) is 14.8. The average molecular weight is 658 g/mol. The Morgan fingerprint density at radius 1 is 0.978 bits per heavy atom. The summed E-state index contributed by atoms with van der Waals surface area (Å²) in [6.07, 6.45) is -0.702. The van der Waals surface area contributed by atoms with Gasteiger partial charge in [0, 0.05) is 50.7 Å². The second-order valence-corrected chi connectivity index (χ2v) is 14.7. The quantitative estimate of drug-likeness (QED) is 0.148. The number of benzene rings is 2. The van der Waals surface area contributed by atoms with E-state index < -0.39 is 11.7 Å². The molecule has 0 aliphatic carbocycles. The number of carbonyl (C=O) groups is 2. The van der Waals surface area contributed by atoms with Gasteiger partial charge in [0.25, 0.3) is 0 Å². The van der Waals surface area contributed by atoms with Crippen molar-refractivity contribution in [1.82, 2.24) is 24.6 Å². The second kappa shape index (κ2) is 15.5. The van der Waals surface area contributed by atoms with E-state index in [0.717, 1.165) is 30.5 Å². The third-order valence-corrected chi connectivity index (χ3v) is 9.15. The molecule has 0 saturated carbocycles. The van der Waals surface area contributed by atoms with Gasteiger partial charge in [-0.3, -0.25) is 14.2 Å². The van der Waals surface area contributed by atoms with E-state index in [0.29, 0.717) is 73.7 Å². The molecule has 1 saturated heterocycles. The lowest BCUT2D eigenvalue weighted by atomic mass is 9.84. The van der Waals surface area contributed by atoms with Crippen LogP contribution in [0, 0.1) is 11.3 Å². The molecule has 1 aromatic heterocycles. The molecule has 0 radical (unpaired) electrons. The van der Waals surface area contributed by atoms with Crippen LogP contribution >= 0.6 is 11.8 Å². The minimum Gasteiger partial charge on any atom is -0.339 e. The Labute approximate surface area is 274 Å². The minimum absolute atomic E-state index is 0.0186. The van der Waals surface area contributed by atoms with Crippen LogP contribution in [0.4, 0.5) is 13.2 Å². The molecule has 2 aromatic carbocycles. The first kappa shape index (κ1) is 35.5. The fourth-order valence-electron chi connectivity index (χ4n) is 6.15. The van der Waals surface area contributed by atoms with Crippen LogP contribution in [-0.4, -0.2) is 67.8 Å². The molecule has 0 spiro atoms. The predicted molar refractivity (Wildman–Crippen MR) is 176 cm³/mol. The largest absolute Gasteiger partial charge is 0.416 e. The number of hydrogen-bond acceptors (Lipinski definition) is 5. The number of carbonyl (C=O) groups excluding carboxylic acids is 2. The maximum atomic E-state index is 13.5. The van der Waals surface area contributed by atoms with Crippen LogP contribution in [0.5, 0.6) is 0 Å². The highest BCUT2D eigenvalue weighted by atomic mass is 32.2. The summed E-state index contributed by atoms with van der Waals surface area (Å²) in [4.78, 5) is 29.8. The first-order chi connectivity index (χ1) is 21.7. The number of thioether (sulfide) groups is 1. The molecular formula is C35H46F3N5O2S. The van der Waals surface area contributed by atoms with Gasteiger partial charge in [-0.25, -0.2) is 0 Å². The van der Waals surface area contributed by atoms with Gasteiger partial charge in [-0.1, -0.05) is 75.9 Å². The lowest BCUT2D eigenvalue weighted by Crippen LogP contribution is -2.55. The standard InChI is InChI=1S/C35H46F3N5O2S/c1-25(23-34(3,4)5)20-32(45)42-18-17-41(24-26(42)2)31(44)16-9-10-19-46-33-40-39-30(21-27-12-7-6-8-13-27)43(33)29-15-11-14-28(22-29)35(36,37)38/h6-8,11-15,22,25-26H,9-10,16-21,23-24H2,1-5H3. The summed E-state index contributed by atoms with van der Waals surface area (Å²) in [7, 11) is 0. The van der Waals surface area contributed by atoms with Gasteiger partial charge in [0.2, 0.25) is 11.8 Å². The topological polar surface area (TPSA) is 71.3 Å². The minimum atomic E-state index is -4.46. The van der Waals surface area contributed by atoms with Gasteiger partial charge in [-0.2, -0.15) is 13.2 Å². The maximum absolute atomic E-state index is 13.5. The molecule has 46 heavy (non-hydrogen) atoms. The molecule has 2 unspecified atom stereocenters. The van der Waals surface area contributed by atoms with E-state index in [4.69, 9.17) is 0 Å². The van der Waals surface area contributed by atoms with Crippen LogP contribution in [-0.2, 0) is 22.2 Å². The Bertz CT molecular complexity index is 1450. The molecular weight excluding hydrogens is 611 g/mol. The summed E-state index contributed by atoms with van der Waals surface area (Å²) in [5, 5.41) is 9.20. The Kier molecular flexibility index (Phi) is 12.0. The monoisotopic (exact) mass is 657 g/mol. The normalized spacial score (nSPS) is 16.5. The Morgan fingerprint density at radius 2 is 1.72 bits per heavy atom. The molecule has 0 N–H and O–H groups in total. The molecule has 0 bridgehead atoms. The van der Waals surface area contributed by atoms with Crippen molar-refractivity contribution in [2.24, 2.45) is 11.3 Å². The van der Waals surface area contributed by atoms with Gasteiger partial charge in [-0.15, -0.1) is 10.2 Å². The summed E-state index contributed by atoms with van der Waals surface area (Å²) in [5.74, 6) is 1.76. The first-order valence-corrected chi connectivity index (χ1v) is 17.1. The number of unbranched alkanes of at least 4 members (excludes halogenated alkanes) is 1. The lowest BCUT2D eigenvalue weighted by Gasteiger charge is -2.40. The maximum Gasteiger partial charge on any atom is 0.416 e. The smallest absolute Gasteiger partial charge is 0.339 e. The van der Waals surface area contributed by atoms with E-state index in [1.807, 2.05) is 47.1 Å². The SMILES string of the molecule is CC(CC(=O)N1CCN(C(=O)CCCCSc2nnc(Cc3ccccc3)n2-c2cccc(C(F)(F)F)c2)CC1C)CC(C)(C)C. The van der Waals surface area contributed by atoms with Crippen LogP contribution in [0.1, 0.15) is 83.7 Å². The van der Waals surface area contributed by atoms with E-state index in [2.05, 4.69) is 37.9 Å². The molecule has 2 heterocycles. The molecule has 250 valence electrons. The van der Waals surface area contributed by atoms with Crippen LogP contribution < -0.4 is 0 Å². The molecule has 7 nitrogen and oxygen atoms in total. The van der Waals surface area contributed by atoms with E-state index in [1.54, 1.807) is 10.6 Å². The molecule has 2 atom stereocenters. The third kappa shape index (κ3) is 10.1. The number of halogens is 3. The summed E-state index contributed by atoms with van der Waals surface area (Å²) >= 11 is 1.42. The number of piperazine rings is 1. The number of rotatable bonds is 12. The second-order valence-electron chi connectivity index (χ2n) is 13.6. The molecule has 1 aliphatic heterocycles. The number of nitrogens with zero attached hydrogens (tertiary/aromatic N) is 5. The van der Waals surface area contributed by atoms with Crippen LogP contribution in [0.3, 0.4) is 0 Å². The average Bonchev–Trinajstić information content (AvgIpc) is 3.37. The van der Waals surface area contributed by atoms with E-state index in [-0.39, 0.29) is 23.3 Å².